The van der Waals surface area contributed by atoms with Gasteiger partial charge in [0.05, 0.1) is 6.61 Å². The highest BCUT2D eigenvalue weighted by Crippen LogP contribution is 2.55. The first-order chi connectivity index (χ1) is 9.43. The van der Waals surface area contributed by atoms with Gasteiger partial charge in [-0.05, 0) is 25.5 Å². The van der Waals surface area contributed by atoms with E-state index in [9.17, 15) is 29.3 Å². The van der Waals surface area contributed by atoms with Gasteiger partial charge in [-0.15, -0.1) is 0 Å². The summed E-state index contributed by atoms with van der Waals surface area (Å²) in [6.45, 7) is 2.24. The topological polar surface area (TPSA) is 165 Å². The van der Waals surface area contributed by atoms with E-state index >= 15 is 0 Å². The minimum absolute atomic E-state index is 0.0316. The van der Waals surface area contributed by atoms with Crippen molar-refractivity contribution in [2.24, 2.45) is 0 Å². The fourth-order valence-corrected chi connectivity index (χ4v) is 3.86. The standard InChI is InChI=1S/C10H20O9P2/c1-3-7(9(12)10(13)8(11)4-2)5-19-21(17,18)6-20(14,15)16/h3-4,9-13H,5-6H2,1-2H3,(H,17,18)(H2,14,15,16)/b7-3-,8-4+/t9-,10-/m1/s1. The molecule has 0 heterocycles. The third-order valence-corrected chi connectivity index (χ3v) is 5.88. The molecule has 0 saturated heterocycles. The molecule has 0 amide bonds. The van der Waals surface area contributed by atoms with Crippen LogP contribution in [0.5, 0.6) is 0 Å². The second-order valence-corrected chi connectivity index (χ2v) is 8.18. The van der Waals surface area contributed by atoms with Gasteiger partial charge in [-0.3, -0.25) is 9.13 Å². The van der Waals surface area contributed by atoms with Crippen LogP contribution in [0.25, 0.3) is 0 Å². The highest BCUT2D eigenvalue weighted by atomic mass is 31.2. The molecule has 0 aliphatic heterocycles. The van der Waals surface area contributed by atoms with Crippen molar-refractivity contribution in [1.29, 1.82) is 0 Å². The lowest BCUT2D eigenvalue weighted by Crippen LogP contribution is -2.31. The van der Waals surface area contributed by atoms with Crippen LogP contribution < -0.4 is 0 Å². The average molecular weight is 346 g/mol. The Kier molecular flexibility index (Phi) is 8.02. The Bertz CT molecular complexity index is 493. The van der Waals surface area contributed by atoms with Crippen LogP contribution in [0.2, 0.25) is 0 Å². The Balaban J connectivity index is 4.82. The molecule has 124 valence electrons. The van der Waals surface area contributed by atoms with Gasteiger partial charge in [0.1, 0.15) is 18.0 Å². The van der Waals surface area contributed by atoms with Crippen molar-refractivity contribution >= 4 is 15.2 Å². The van der Waals surface area contributed by atoms with E-state index in [4.69, 9.17) is 9.79 Å². The Hall–Kier alpha value is -0.500. The summed E-state index contributed by atoms with van der Waals surface area (Å²) in [5.74, 6) is -1.85. The largest absolute Gasteiger partial charge is 0.510 e. The molecule has 1 unspecified atom stereocenters. The van der Waals surface area contributed by atoms with Gasteiger partial charge in [-0.1, -0.05) is 6.08 Å². The van der Waals surface area contributed by atoms with Crippen LogP contribution in [0.3, 0.4) is 0 Å². The molecule has 3 atom stereocenters. The first-order valence-corrected chi connectivity index (χ1v) is 9.37. The van der Waals surface area contributed by atoms with Crippen molar-refractivity contribution in [2.45, 2.75) is 26.1 Å². The summed E-state index contributed by atoms with van der Waals surface area (Å²) < 4.78 is 26.6. The van der Waals surface area contributed by atoms with Gasteiger partial charge < -0.3 is 34.5 Å². The molecule has 6 N–H and O–H groups in total. The van der Waals surface area contributed by atoms with Crippen molar-refractivity contribution < 1.29 is 43.7 Å². The number of aliphatic hydroxyl groups excluding tert-OH is 3. The van der Waals surface area contributed by atoms with Gasteiger partial charge in [0, 0.05) is 0 Å². The predicted molar refractivity (Wildman–Crippen MR) is 74.8 cm³/mol. The zero-order chi connectivity index (χ0) is 16.8. The SMILES string of the molecule is C/C=C(/COP(=O)(O)CP(=O)(O)O)[C@@H](O)[C@H](O)/C(O)=C\C. The molecule has 0 fully saturated rings. The van der Waals surface area contributed by atoms with E-state index < -0.39 is 45.7 Å². The summed E-state index contributed by atoms with van der Waals surface area (Å²) in [6, 6.07) is 0. The molecule has 0 radical (unpaired) electrons. The number of aliphatic hydroxyl groups is 3. The summed E-state index contributed by atoms with van der Waals surface area (Å²) in [4.78, 5) is 26.5. The Morgan fingerprint density at radius 3 is 2.00 bits per heavy atom. The van der Waals surface area contributed by atoms with Gasteiger partial charge in [0.25, 0.3) is 0 Å². The fraction of sp³-hybridized carbons (Fsp3) is 0.600. The zero-order valence-corrected chi connectivity index (χ0v) is 13.3. The van der Waals surface area contributed by atoms with Gasteiger partial charge >= 0.3 is 15.2 Å². The second-order valence-electron chi connectivity index (χ2n) is 4.18. The van der Waals surface area contributed by atoms with Crippen LogP contribution in [0.15, 0.2) is 23.5 Å². The van der Waals surface area contributed by atoms with Crippen molar-refractivity contribution in [3.05, 3.63) is 23.5 Å². The van der Waals surface area contributed by atoms with Crippen molar-refractivity contribution in [3.8, 4) is 0 Å². The summed E-state index contributed by atoms with van der Waals surface area (Å²) in [5.41, 5.74) is -0.0316. The Morgan fingerprint density at radius 1 is 1.10 bits per heavy atom. The molecule has 0 saturated carbocycles. The molecule has 0 rings (SSSR count). The summed E-state index contributed by atoms with van der Waals surface area (Å²) in [6.07, 6.45) is -0.799. The van der Waals surface area contributed by atoms with Crippen LogP contribution in [-0.2, 0) is 13.7 Å². The van der Waals surface area contributed by atoms with Gasteiger partial charge in [0.15, 0.2) is 5.90 Å². The van der Waals surface area contributed by atoms with Crippen LogP contribution in [-0.4, -0.2) is 54.7 Å². The lowest BCUT2D eigenvalue weighted by atomic mass is 10.0. The van der Waals surface area contributed by atoms with E-state index in [1.165, 1.54) is 19.9 Å². The quantitative estimate of drug-likeness (QED) is 0.208. The molecule has 0 bridgehead atoms. The molecule has 11 heteroatoms. The van der Waals surface area contributed by atoms with E-state index in [2.05, 4.69) is 4.52 Å². The maximum absolute atomic E-state index is 11.4. The molecule has 0 spiro atoms. The third kappa shape index (κ3) is 7.90. The van der Waals surface area contributed by atoms with Crippen molar-refractivity contribution in [3.63, 3.8) is 0 Å². The van der Waals surface area contributed by atoms with Crippen LogP contribution in [0, 0.1) is 0 Å². The molecule has 0 aromatic carbocycles. The zero-order valence-electron chi connectivity index (χ0n) is 11.5. The number of hydrogen-bond acceptors (Lipinski definition) is 6. The van der Waals surface area contributed by atoms with Crippen LogP contribution in [0.4, 0.5) is 0 Å². The van der Waals surface area contributed by atoms with Gasteiger partial charge in [-0.25, -0.2) is 0 Å². The first kappa shape index (κ1) is 20.5. The molecule has 21 heavy (non-hydrogen) atoms. The molecular formula is C10H20O9P2. The monoisotopic (exact) mass is 346 g/mol. The van der Waals surface area contributed by atoms with Crippen molar-refractivity contribution in [1.82, 2.24) is 0 Å². The smallest absolute Gasteiger partial charge is 0.340 e. The first-order valence-electron chi connectivity index (χ1n) is 5.81. The molecule has 0 aromatic rings. The third-order valence-electron chi connectivity index (χ3n) is 2.44. The lowest BCUT2D eigenvalue weighted by Gasteiger charge is -2.21. The molecular weight excluding hydrogens is 326 g/mol. The van der Waals surface area contributed by atoms with E-state index in [1.807, 2.05) is 0 Å². The van der Waals surface area contributed by atoms with E-state index in [-0.39, 0.29) is 5.57 Å². The molecule has 0 aliphatic rings. The minimum atomic E-state index is -4.74. The predicted octanol–water partition coefficient (Wildman–Crippen LogP) is 0.454. The van der Waals surface area contributed by atoms with E-state index in [0.29, 0.717) is 0 Å². The number of hydrogen-bond donors (Lipinski definition) is 6. The van der Waals surface area contributed by atoms with E-state index in [1.54, 1.807) is 0 Å². The van der Waals surface area contributed by atoms with Gasteiger partial charge in [-0.2, -0.15) is 0 Å². The second kappa shape index (κ2) is 8.22. The summed E-state index contributed by atoms with van der Waals surface area (Å²) in [7, 11) is -9.29. The summed E-state index contributed by atoms with van der Waals surface area (Å²) >= 11 is 0. The lowest BCUT2D eigenvalue weighted by molar-refractivity contribution is 0.0337. The molecule has 0 aliphatic carbocycles. The van der Waals surface area contributed by atoms with Crippen LogP contribution in [0.1, 0.15) is 13.8 Å². The number of rotatable bonds is 8. The highest BCUT2D eigenvalue weighted by molar-refractivity contribution is 7.70. The normalized spacial score (nSPS) is 20.0. The van der Waals surface area contributed by atoms with E-state index in [0.717, 1.165) is 6.08 Å². The Morgan fingerprint density at radius 2 is 1.62 bits per heavy atom. The Labute approximate surface area is 121 Å². The maximum Gasteiger partial charge on any atom is 0.340 e. The molecule has 9 nitrogen and oxygen atoms in total. The van der Waals surface area contributed by atoms with Gasteiger partial charge in [0.2, 0.25) is 0 Å². The summed E-state index contributed by atoms with van der Waals surface area (Å²) in [5, 5.41) is 28.7. The number of allylic oxidation sites excluding steroid dienone is 2. The minimum Gasteiger partial charge on any atom is -0.510 e. The maximum atomic E-state index is 11.4. The highest BCUT2D eigenvalue weighted by Gasteiger charge is 2.32. The fourth-order valence-electron chi connectivity index (χ4n) is 1.32. The van der Waals surface area contributed by atoms with Crippen molar-refractivity contribution in [2.75, 3.05) is 12.5 Å². The van der Waals surface area contributed by atoms with Crippen LogP contribution >= 0.6 is 15.2 Å². The molecule has 0 aromatic heterocycles. The average Bonchev–Trinajstić information content (AvgIpc) is 2.34.